The van der Waals surface area contributed by atoms with E-state index in [0.29, 0.717) is 85.7 Å². The molecule has 4 amide bonds. The van der Waals surface area contributed by atoms with Crippen molar-refractivity contribution in [2.75, 3.05) is 138 Å². The third-order valence-corrected chi connectivity index (χ3v) is 19.0. The van der Waals surface area contributed by atoms with E-state index >= 15 is 0 Å². The second-order valence-corrected chi connectivity index (χ2v) is 28.5. The highest BCUT2D eigenvalue weighted by atomic mass is 16.7. The fraction of sp³-hybridized carbons (Fsp3) is 0.585. The number of nitrogens with zero attached hydrogens (tertiary/aromatic N) is 2. The Morgan fingerprint density at radius 1 is 0.458 bits per heavy atom. The quantitative estimate of drug-likeness (QED) is 0.0193. The summed E-state index contributed by atoms with van der Waals surface area (Å²) in [7, 11) is 19.4. The number of benzene rings is 5. The van der Waals surface area contributed by atoms with Crippen molar-refractivity contribution in [3.8, 4) is 57.5 Å². The zero-order valence-electron chi connectivity index (χ0n) is 67.5. The molecular weight excluding hydrogens is 1370 g/mol. The van der Waals surface area contributed by atoms with Gasteiger partial charge in [0.1, 0.15) is 0 Å². The number of piperazine rings is 2. The van der Waals surface area contributed by atoms with Crippen LogP contribution >= 0.6 is 0 Å². The van der Waals surface area contributed by atoms with Gasteiger partial charge in [0.25, 0.3) is 0 Å². The van der Waals surface area contributed by atoms with Gasteiger partial charge in [-0.25, -0.2) is 0 Å². The number of nitrogens with two attached hydrogens (primary N) is 2. The van der Waals surface area contributed by atoms with Crippen LogP contribution in [0.2, 0.25) is 0 Å². The molecule has 0 saturated carbocycles. The monoisotopic (exact) mass is 1490 g/mol. The van der Waals surface area contributed by atoms with Crippen molar-refractivity contribution in [2.24, 2.45) is 35.1 Å². The molecule has 2 fully saturated rings. The first-order valence-electron chi connectivity index (χ1n) is 37.3. The van der Waals surface area contributed by atoms with E-state index in [9.17, 15) is 19.2 Å². The third kappa shape index (κ3) is 26.8. The number of hydrogen-bond acceptors (Lipinski definition) is 21. The lowest BCUT2D eigenvalue weighted by Gasteiger charge is -2.44. The van der Waals surface area contributed by atoms with Crippen molar-refractivity contribution in [3.63, 3.8) is 0 Å². The molecule has 107 heavy (non-hydrogen) atoms. The molecule has 0 unspecified atom stereocenters. The van der Waals surface area contributed by atoms with Gasteiger partial charge >= 0.3 is 0 Å². The summed E-state index contributed by atoms with van der Waals surface area (Å²) in [6.45, 7) is 22.3. The van der Waals surface area contributed by atoms with Crippen LogP contribution in [-0.4, -0.2) is 202 Å². The Labute approximate surface area is 637 Å². The number of hydrogen-bond donors (Lipinski definition) is 7. The Hall–Kier alpha value is -8.30. The average Bonchev–Trinajstić information content (AvgIpc) is 0.768. The van der Waals surface area contributed by atoms with E-state index in [1.54, 1.807) is 85.3 Å². The van der Waals surface area contributed by atoms with Gasteiger partial charge in [0.05, 0.1) is 107 Å². The van der Waals surface area contributed by atoms with Gasteiger partial charge in [-0.15, -0.1) is 0 Å². The zero-order valence-corrected chi connectivity index (χ0v) is 67.5. The van der Waals surface area contributed by atoms with E-state index in [2.05, 4.69) is 94.1 Å². The smallest absolute Gasteiger partial charge is 0.240 e. The summed E-state index contributed by atoms with van der Waals surface area (Å²) in [5, 5.41) is 16.0. The highest BCUT2D eigenvalue weighted by Gasteiger charge is 2.41. The van der Waals surface area contributed by atoms with E-state index in [4.69, 9.17) is 68.3 Å². The molecule has 9 rings (SSSR count). The third-order valence-electron chi connectivity index (χ3n) is 19.0. The zero-order chi connectivity index (χ0) is 78.9. The summed E-state index contributed by atoms with van der Waals surface area (Å²) in [6.07, 6.45) is 6.87. The van der Waals surface area contributed by atoms with Crippen LogP contribution in [0.4, 0.5) is 0 Å². The molecular formula is C82H127N9O16. The van der Waals surface area contributed by atoms with Crippen molar-refractivity contribution >= 4 is 23.6 Å². The van der Waals surface area contributed by atoms with Crippen molar-refractivity contribution in [1.82, 2.24) is 36.4 Å². The van der Waals surface area contributed by atoms with Crippen LogP contribution in [0, 0.1) is 23.7 Å². The largest absolute Gasteiger partial charge is 0.493 e. The highest BCUT2D eigenvalue weighted by Crippen LogP contribution is 2.42. The Kier molecular flexibility index (Phi) is 38.5. The van der Waals surface area contributed by atoms with Gasteiger partial charge in [0.2, 0.25) is 23.6 Å². The SMILES string of the molecule is COc1cc2c(cc1OC)[C@@H]1CN[C@H](CC(C)C)C(=O)N1CC2.COc1cc2c(cc1OC)[C@H]1CN[C@H](CC(C)C)C(=O)N1CC2.COc1ccc(CCN)cc1OC.COc1ccc(CCNC(=O)[C@@H](CC(C)C)NCC(OC)OC)cc1OC.COc1ccc(CCNC(=O)[C@H](N)CC(C)C)cc1OC. The molecule has 0 aliphatic carbocycles. The summed E-state index contributed by atoms with van der Waals surface area (Å²) < 4.78 is 63.3. The Morgan fingerprint density at radius 2 is 0.804 bits per heavy atom. The highest BCUT2D eigenvalue weighted by molar-refractivity contribution is 5.85. The lowest BCUT2D eigenvalue weighted by atomic mass is 9.88. The molecule has 25 heteroatoms. The number of ether oxygens (including phenoxy) is 12. The summed E-state index contributed by atoms with van der Waals surface area (Å²) in [6, 6.07) is 24.9. The van der Waals surface area contributed by atoms with Crippen molar-refractivity contribution in [2.45, 2.75) is 156 Å². The van der Waals surface area contributed by atoms with Crippen LogP contribution in [0.5, 0.6) is 57.5 Å². The van der Waals surface area contributed by atoms with Gasteiger partial charge in [-0.05, 0) is 188 Å². The van der Waals surface area contributed by atoms with E-state index < -0.39 is 6.04 Å². The van der Waals surface area contributed by atoms with Crippen LogP contribution < -0.4 is 85.4 Å². The number of rotatable bonds is 33. The molecule has 25 nitrogen and oxygen atoms in total. The maximum absolute atomic E-state index is 12.8. The molecule has 0 spiro atoms. The molecule has 0 bridgehead atoms. The van der Waals surface area contributed by atoms with E-state index in [1.807, 2.05) is 76.5 Å². The number of nitrogens with one attached hydrogen (secondary N) is 5. The van der Waals surface area contributed by atoms with Gasteiger partial charge in [-0.2, -0.15) is 0 Å². The minimum atomic E-state index is -0.435. The maximum atomic E-state index is 12.8. The fourth-order valence-electron chi connectivity index (χ4n) is 13.5. The molecule has 5 aromatic carbocycles. The van der Waals surface area contributed by atoms with Crippen LogP contribution in [0.3, 0.4) is 0 Å². The lowest BCUT2D eigenvalue weighted by molar-refractivity contribution is -0.140. The summed E-state index contributed by atoms with van der Waals surface area (Å²) >= 11 is 0. The molecule has 4 heterocycles. The topological polar surface area (TPSA) is 298 Å². The van der Waals surface area contributed by atoms with Gasteiger partial charge in [-0.3, -0.25) is 19.2 Å². The molecule has 5 aromatic rings. The molecule has 596 valence electrons. The lowest BCUT2D eigenvalue weighted by Crippen LogP contribution is -2.58. The normalized spacial score (nSPS) is 16.8. The average molecular weight is 1490 g/mol. The predicted molar refractivity (Wildman–Crippen MR) is 419 cm³/mol. The Bertz CT molecular complexity index is 3430. The van der Waals surface area contributed by atoms with Crippen LogP contribution in [0.1, 0.15) is 132 Å². The molecule has 9 N–H and O–H groups in total. The van der Waals surface area contributed by atoms with Gasteiger partial charge in [-0.1, -0.05) is 73.6 Å². The molecule has 4 aliphatic heterocycles. The first kappa shape index (κ1) is 89.3. The first-order chi connectivity index (χ1) is 51.3. The second kappa shape index (κ2) is 46.1. The second-order valence-electron chi connectivity index (χ2n) is 28.5. The number of carbonyl (C=O) groups excluding carboxylic acids is 4. The Morgan fingerprint density at radius 3 is 1.14 bits per heavy atom. The minimum Gasteiger partial charge on any atom is -0.493 e. The maximum Gasteiger partial charge on any atom is 0.240 e. The van der Waals surface area contributed by atoms with Crippen LogP contribution in [-0.2, 0) is 60.8 Å². The number of fused-ring (bicyclic) bond motifs is 6. The van der Waals surface area contributed by atoms with Gasteiger partial charge < -0.3 is 105 Å². The van der Waals surface area contributed by atoms with E-state index in [-0.39, 0.29) is 60.1 Å². The standard InChI is InChI=1S/C20H34N2O5.2C18H26N2O3.C16H26N2O3.C10H15NO2/c1-14(2)11-16(22-13-19(26-5)27-6)20(23)21-10-9-15-7-8-17(24-3)18(12-15)25-4;2*1-11(2)7-14-18(21)20-6-5-12-8-16(22-3)17(23-4)9-13(12)15(20)10-19-14;1-11(2)9-13(17)16(19)18-8-7-12-5-6-14(20-3)15(10-12)21-4;1-12-9-4-3-8(5-6-11)7-10(9)13-2/h7-8,12,14,16,19,22H,9-11,13H2,1-6H3,(H,21,23);2*8-9,11,14-15,19H,5-7,10H2,1-4H3;5-6,10-11,13H,7-9,17H2,1-4H3,(H,18,19);3-4,7H,5-6,11H2,1-2H3/t16-;14-,15+;14-,15-;13-;/m1111./s1. The van der Waals surface area contributed by atoms with Crippen LogP contribution in [0.25, 0.3) is 0 Å². The van der Waals surface area contributed by atoms with Gasteiger partial charge in [0.15, 0.2) is 63.8 Å². The van der Waals surface area contributed by atoms with Crippen LogP contribution in [0.15, 0.2) is 78.9 Å². The van der Waals surface area contributed by atoms with E-state index in [0.717, 1.165) is 117 Å². The first-order valence-corrected chi connectivity index (χ1v) is 37.3. The molecule has 0 radical (unpaired) electrons. The Balaban J connectivity index is 0.000000243. The predicted octanol–water partition coefficient (Wildman–Crippen LogP) is 9.22. The summed E-state index contributed by atoms with van der Waals surface area (Å²) in [5.74, 6) is 9.42. The number of amides is 4. The fourth-order valence-corrected chi connectivity index (χ4v) is 13.5. The molecule has 4 aliphatic rings. The minimum absolute atomic E-state index is 0.0184. The number of carbonyl (C=O) groups is 4. The number of methoxy groups -OCH3 is 12. The van der Waals surface area contributed by atoms with Crippen molar-refractivity contribution in [1.29, 1.82) is 0 Å². The molecule has 6 atom stereocenters. The summed E-state index contributed by atoms with van der Waals surface area (Å²) in [5.41, 5.74) is 19.5. The van der Waals surface area contributed by atoms with Crippen molar-refractivity contribution < 1.29 is 76.0 Å². The van der Waals surface area contributed by atoms with E-state index in [1.165, 1.54) is 27.8 Å². The van der Waals surface area contributed by atoms with Gasteiger partial charge in [0, 0.05) is 60.0 Å². The molecule has 0 aromatic heterocycles. The van der Waals surface area contributed by atoms with Crippen molar-refractivity contribution in [3.05, 3.63) is 118 Å². The molecule has 2 saturated heterocycles. The summed E-state index contributed by atoms with van der Waals surface area (Å²) in [4.78, 5) is 54.1.